The van der Waals surface area contributed by atoms with Crippen molar-refractivity contribution in [2.45, 2.75) is 25.1 Å². The first-order valence-corrected chi connectivity index (χ1v) is 5.75. The fourth-order valence-electron chi connectivity index (χ4n) is 1.85. The molecule has 8 heteroatoms. The number of nitrogens with two attached hydrogens (primary N) is 1. The minimum absolute atomic E-state index is 0. The number of anilines is 1. The van der Waals surface area contributed by atoms with E-state index in [1.807, 2.05) is 5.01 Å². The van der Waals surface area contributed by atoms with Crippen LogP contribution in [0.4, 0.5) is 18.9 Å². The van der Waals surface area contributed by atoms with Gasteiger partial charge in [-0.05, 0) is 25.0 Å². The lowest BCUT2D eigenvalue weighted by Crippen LogP contribution is -2.42. The van der Waals surface area contributed by atoms with Gasteiger partial charge in [0.2, 0.25) is 0 Å². The number of pyridine rings is 1. The predicted molar refractivity (Wildman–Crippen MR) is 68.9 cm³/mol. The summed E-state index contributed by atoms with van der Waals surface area (Å²) in [4.78, 5) is 3.31. The molecule has 0 atom stereocenters. The van der Waals surface area contributed by atoms with Gasteiger partial charge in [0.05, 0.1) is 5.69 Å². The van der Waals surface area contributed by atoms with E-state index >= 15 is 0 Å². The molecule has 19 heavy (non-hydrogen) atoms. The number of hydrogen-bond donors (Lipinski definition) is 2. The summed E-state index contributed by atoms with van der Waals surface area (Å²) in [6.45, 7) is 1.45. The number of halogens is 4. The van der Waals surface area contributed by atoms with Crippen LogP contribution in [-0.2, 0) is 6.18 Å². The Morgan fingerprint density at radius 1 is 1.32 bits per heavy atom. The number of nitrogens with one attached hydrogen (secondary N) is 1. The van der Waals surface area contributed by atoms with Crippen LogP contribution < -0.4 is 11.2 Å². The first kappa shape index (κ1) is 16.0. The largest absolute Gasteiger partial charge is 0.433 e. The van der Waals surface area contributed by atoms with Gasteiger partial charge in [0, 0.05) is 25.3 Å². The first-order valence-electron chi connectivity index (χ1n) is 5.75. The van der Waals surface area contributed by atoms with E-state index in [1.165, 1.54) is 6.07 Å². The number of aromatic nitrogens is 1. The van der Waals surface area contributed by atoms with E-state index in [0.717, 1.165) is 38.2 Å². The van der Waals surface area contributed by atoms with Gasteiger partial charge < -0.3 is 11.2 Å². The van der Waals surface area contributed by atoms with Crippen LogP contribution in [0.5, 0.6) is 0 Å². The van der Waals surface area contributed by atoms with Gasteiger partial charge in [-0.1, -0.05) is 0 Å². The van der Waals surface area contributed by atoms with Crippen LogP contribution in [-0.4, -0.2) is 29.1 Å². The van der Waals surface area contributed by atoms with Crippen LogP contribution >= 0.6 is 12.4 Å². The van der Waals surface area contributed by atoms with Crippen molar-refractivity contribution >= 4 is 18.1 Å². The van der Waals surface area contributed by atoms with E-state index in [9.17, 15) is 13.2 Å². The molecule has 1 aromatic rings. The highest BCUT2D eigenvalue weighted by molar-refractivity contribution is 5.85. The first-order chi connectivity index (χ1) is 8.45. The van der Waals surface area contributed by atoms with E-state index in [1.54, 1.807) is 0 Å². The zero-order valence-corrected chi connectivity index (χ0v) is 11.0. The van der Waals surface area contributed by atoms with Crippen molar-refractivity contribution in [3.63, 3.8) is 0 Å². The fraction of sp³-hybridized carbons (Fsp3) is 0.545. The summed E-state index contributed by atoms with van der Waals surface area (Å²) in [7, 11) is 0. The van der Waals surface area contributed by atoms with Gasteiger partial charge >= 0.3 is 6.18 Å². The second-order valence-electron chi connectivity index (χ2n) is 4.36. The third-order valence-electron chi connectivity index (χ3n) is 2.88. The van der Waals surface area contributed by atoms with Crippen molar-refractivity contribution in [1.29, 1.82) is 0 Å². The van der Waals surface area contributed by atoms with E-state index in [4.69, 9.17) is 5.73 Å². The molecule has 3 N–H and O–H groups in total. The maximum Gasteiger partial charge on any atom is 0.433 e. The van der Waals surface area contributed by atoms with E-state index in [0.29, 0.717) is 5.69 Å². The standard InChI is InChI=1S/C11H15F3N4.ClH/c12-11(13,14)10-7-9(1-4-16-10)17-18-5-2-8(15)3-6-18;/h1,4,7-8H,2-3,5-6,15H2,(H,16,17);1H. The Balaban J connectivity index is 0.00000180. The van der Waals surface area contributed by atoms with Crippen molar-refractivity contribution in [3.05, 3.63) is 24.0 Å². The lowest BCUT2D eigenvalue weighted by molar-refractivity contribution is -0.141. The van der Waals surface area contributed by atoms with Crippen LogP contribution in [0.25, 0.3) is 0 Å². The Kier molecular flexibility index (Phi) is 5.39. The molecule has 0 bridgehead atoms. The average molecular weight is 297 g/mol. The summed E-state index contributed by atoms with van der Waals surface area (Å²) >= 11 is 0. The molecule has 0 saturated carbocycles. The number of rotatable bonds is 2. The highest BCUT2D eigenvalue weighted by Crippen LogP contribution is 2.29. The van der Waals surface area contributed by atoms with Crippen molar-refractivity contribution in [2.24, 2.45) is 5.73 Å². The van der Waals surface area contributed by atoms with Crippen molar-refractivity contribution in [3.8, 4) is 0 Å². The zero-order chi connectivity index (χ0) is 13.2. The van der Waals surface area contributed by atoms with Crippen LogP contribution in [0.3, 0.4) is 0 Å². The van der Waals surface area contributed by atoms with Gasteiger partial charge in [-0.3, -0.25) is 4.98 Å². The molecule has 0 unspecified atom stereocenters. The molecule has 0 amide bonds. The smallest absolute Gasteiger partial charge is 0.328 e. The lowest BCUT2D eigenvalue weighted by atomic mass is 10.1. The maximum atomic E-state index is 12.5. The second-order valence-corrected chi connectivity index (χ2v) is 4.36. The van der Waals surface area contributed by atoms with Crippen molar-refractivity contribution in [1.82, 2.24) is 9.99 Å². The molecule has 1 aliphatic rings. The minimum Gasteiger partial charge on any atom is -0.328 e. The average Bonchev–Trinajstić information content (AvgIpc) is 2.31. The molecule has 1 aromatic heterocycles. The molecule has 108 valence electrons. The molecule has 1 aliphatic heterocycles. The summed E-state index contributed by atoms with van der Waals surface area (Å²) < 4.78 is 37.4. The predicted octanol–water partition coefficient (Wildman–Crippen LogP) is 2.27. The van der Waals surface area contributed by atoms with Crippen LogP contribution in [0.2, 0.25) is 0 Å². The third kappa shape index (κ3) is 4.52. The summed E-state index contributed by atoms with van der Waals surface area (Å²) in [6.07, 6.45) is -1.59. The van der Waals surface area contributed by atoms with E-state index in [-0.39, 0.29) is 18.4 Å². The number of piperidine rings is 1. The third-order valence-corrected chi connectivity index (χ3v) is 2.88. The molecule has 1 saturated heterocycles. The van der Waals surface area contributed by atoms with Crippen molar-refractivity contribution < 1.29 is 13.2 Å². The highest BCUT2D eigenvalue weighted by atomic mass is 35.5. The Morgan fingerprint density at radius 2 is 1.95 bits per heavy atom. The van der Waals surface area contributed by atoms with Crippen LogP contribution in [0.1, 0.15) is 18.5 Å². The number of alkyl halides is 3. The maximum absolute atomic E-state index is 12.5. The van der Waals surface area contributed by atoms with Gasteiger partial charge in [0.1, 0.15) is 5.69 Å². The Morgan fingerprint density at radius 3 is 2.53 bits per heavy atom. The number of nitrogens with zero attached hydrogens (tertiary/aromatic N) is 2. The van der Waals surface area contributed by atoms with Crippen LogP contribution in [0.15, 0.2) is 18.3 Å². The quantitative estimate of drug-likeness (QED) is 0.879. The lowest BCUT2D eigenvalue weighted by Gasteiger charge is -2.31. The minimum atomic E-state index is -4.41. The number of hydrogen-bond acceptors (Lipinski definition) is 4. The topological polar surface area (TPSA) is 54.2 Å². The molecule has 0 spiro atoms. The normalized spacial score (nSPS) is 17.9. The Bertz CT molecular complexity index is 405. The second kappa shape index (κ2) is 6.40. The van der Waals surface area contributed by atoms with Crippen LogP contribution in [0, 0.1) is 0 Å². The van der Waals surface area contributed by atoms with E-state index in [2.05, 4.69) is 10.4 Å². The monoisotopic (exact) mass is 296 g/mol. The molecule has 0 aromatic carbocycles. The molecule has 2 rings (SSSR count). The highest BCUT2D eigenvalue weighted by Gasteiger charge is 2.32. The van der Waals surface area contributed by atoms with Gasteiger partial charge in [-0.15, -0.1) is 12.4 Å². The van der Waals surface area contributed by atoms with Gasteiger partial charge in [0.25, 0.3) is 0 Å². The Labute approximate surface area is 115 Å². The molecule has 0 radical (unpaired) electrons. The molecular formula is C11H16ClF3N4. The molecule has 4 nitrogen and oxygen atoms in total. The molecular weight excluding hydrogens is 281 g/mol. The summed E-state index contributed by atoms with van der Waals surface area (Å²) in [6, 6.07) is 2.71. The van der Waals surface area contributed by atoms with Crippen molar-refractivity contribution in [2.75, 3.05) is 18.5 Å². The number of hydrazine groups is 1. The summed E-state index contributed by atoms with van der Waals surface area (Å²) in [5.41, 5.74) is 8.22. The van der Waals surface area contributed by atoms with Gasteiger partial charge in [-0.2, -0.15) is 13.2 Å². The molecule has 2 heterocycles. The fourth-order valence-corrected chi connectivity index (χ4v) is 1.85. The SMILES string of the molecule is Cl.NC1CCN(Nc2ccnc(C(F)(F)F)c2)CC1. The van der Waals surface area contributed by atoms with Gasteiger partial charge in [0.15, 0.2) is 0 Å². The van der Waals surface area contributed by atoms with Gasteiger partial charge in [-0.25, -0.2) is 5.01 Å². The van der Waals surface area contributed by atoms with E-state index < -0.39 is 11.9 Å². The molecule has 0 aliphatic carbocycles. The summed E-state index contributed by atoms with van der Waals surface area (Å²) in [5.74, 6) is 0. The zero-order valence-electron chi connectivity index (χ0n) is 10.2. The summed E-state index contributed by atoms with van der Waals surface area (Å²) in [5, 5.41) is 1.87. The molecule has 1 fully saturated rings. The Hall–Kier alpha value is -1.05.